The molecule has 0 spiro atoms. The summed E-state index contributed by atoms with van der Waals surface area (Å²) in [6.07, 6.45) is 3.24. The van der Waals surface area contributed by atoms with E-state index in [-0.39, 0.29) is 18.0 Å². The van der Waals surface area contributed by atoms with E-state index in [1.54, 1.807) is 0 Å². The molecule has 5 rings (SSSR count). The van der Waals surface area contributed by atoms with Crippen LogP contribution in [-0.2, 0) is 16.1 Å². The fraction of sp³-hybridized carbons (Fsp3) is 0.452. The van der Waals surface area contributed by atoms with E-state index in [0.717, 1.165) is 62.8 Å². The van der Waals surface area contributed by atoms with E-state index in [0.29, 0.717) is 18.1 Å². The number of anilines is 1. The Morgan fingerprint density at radius 1 is 1.07 bits per heavy atom. The van der Waals surface area contributed by atoms with Gasteiger partial charge >= 0.3 is 0 Å². The van der Waals surface area contributed by atoms with Crippen molar-refractivity contribution in [2.75, 3.05) is 44.7 Å². The van der Waals surface area contributed by atoms with Crippen molar-refractivity contribution >= 4 is 28.9 Å². The van der Waals surface area contributed by atoms with Crippen LogP contribution in [0.1, 0.15) is 53.1 Å². The monoisotopic (exact) mass is 560 g/mol. The van der Waals surface area contributed by atoms with Crippen molar-refractivity contribution in [3.63, 3.8) is 0 Å². The molecular formula is C31H40N6O2S. The van der Waals surface area contributed by atoms with Crippen LogP contribution in [-0.4, -0.2) is 69.8 Å². The third-order valence-corrected chi connectivity index (χ3v) is 8.36. The summed E-state index contributed by atoms with van der Waals surface area (Å²) in [7, 11) is 0. The van der Waals surface area contributed by atoms with Gasteiger partial charge in [0, 0.05) is 62.4 Å². The molecule has 2 aliphatic heterocycles. The van der Waals surface area contributed by atoms with Crippen molar-refractivity contribution in [2.24, 2.45) is 0 Å². The highest BCUT2D eigenvalue weighted by Gasteiger charge is 2.41. The van der Waals surface area contributed by atoms with Gasteiger partial charge in [0.25, 0.3) is 0 Å². The fourth-order valence-corrected chi connectivity index (χ4v) is 6.15. The van der Waals surface area contributed by atoms with Gasteiger partial charge < -0.3 is 24.8 Å². The molecule has 2 saturated heterocycles. The predicted octanol–water partition coefficient (Wildman–Crippen LogP) is 4.53. The molecule has 0 saturated carbocycles. The Balaban J connectivity index is 1.34. The van der Waals surface area contributed by atoms with Crippen molar-refractivity contribution in [2.45, 2.75) is 52.2 Å². The molecule has 0 radical (unpaired) electrons. The molecule has 9 heteroatoms. The standard InChI is InChI=1S/C31H40N6O2S/c1-22-8-10-25(11-9-22)33-28(38)12-16-37-30(29(34-31(37)40)27-7-4-5-13-32-27)26-21-23(2)36(24(26)3)15-6-14-35-17-19-39-20-18-35/h4-5,7-11,13,21,29-30H,6,12,14-20H2,1-3H3,(H,33,38)(H,34,40)/t29-,30-/m1/s1. The second-order valence-electron chi connectivity index (χ2n) is 10.8. The number of aromatic nitrogens is 2. The van der Waals surface area contributed by atoms with Crippen LogP contribution in [0, 0.1) is 20.8 Å². The van der Waals surface area contributed by atoms with Gasteiger partial charge in [0.15, 0.2) is 5.11 Å². The molecule has 2 fully saturated rings. The Morgan fingerprint density at radius 2 is 1.85 bits per heavy atom. The highest BCUT2D eigenvalue weighted by atomic mass is 32.1. The van der Waals surface area contributed by atoms with Crippen LogP contribution in [0.4, 0.5) is 5.69 Å². The van der Waals surface area contributed by atoms with Crippen molar-refractivity contribution in [3.05, 3.63) is 82.9 Å². The molecule has 4 heterocycles. The number of nitrogens with one attached hydrogen (secondary N) is 2. The van der Waals surface area contributed by atoms with E-state index < -0.39 is 0 Å². The molecule has 212 valence electrons. The molecule has 40 heavy (non-hydrogen) atoms. The minimum Gasteiger partial charge on any atom is -0.379 e. The zero-order valence-corrected chi connectivity index (χ0v) is 24.5. The molecule has 1 aromatic carbocycles. The Bertz CT molecular complexity index is 1300. The van der Waals surface area contributed by atoms with E-state index in [2.05, 4.69) is 49.9 Å². The second-order valence-corrected chi connectivity index (χ2v) is 11.2. The highest BCUT2D eigenvalue weighted by Crippen LogP contribution is 2.41. The number of pyridine rings is 1. The summed E-state index contributed by atoms with van der Waals surface area (Å²) >= 11 is 5.85. The van der Waals surface area contributed by atoms with Gasteiger partial charge in [-0.25, -0.2) is 0 Å². The summed E-state index contributed by atoms with van der Waals surface area (Å²) in [5.74, 6) is -0.0275. The summed E-state index contributed by atoms with van der Waals surface area (Å²) in [6, 6.07) is 16.0. The topological polar surface area (TPSA) is 74.7 Å². The van der Waals surface area contributed by atoms with E-state index in [4.69, 9.17) is 17.0 Å². The first kappa shape index (κ1) is 28.3. The van der Waals surface area contributed by atoms with Gasteiger partial charge in [0.2, 0.25) is 5.91 Å². The van der Waals surface area contributed by atoms with E-state index in [1.807, 2.05) is 55.6 Å². The minimum absolute atomic E-state index is 0.0275. The van der Waals surface area contributed by atoms with Gasteiger partial charge in [-0.1, -0.05) is 23.8 Å². The molecule has 2 aliphatic rings. The third-order valence-electron chi connectivity index (χ3n) is 8.00. The SMILES string of the molecule is Cc1ccc(NC(=O)CCN2C(=S)N[C@H](c3ccccn3)[C@H]2c2cc(C)n(CCCN3CCOCC3)c2C)cc1. The third kappa shape index (κ3) is 6.54. The van der Waals surface area contributed by atoms with Crippen LogP contribution in [0.3, 0.4) is 0 Å². The van der Waals surface area contributed by atoms with Crippen LogP contribution in [0.5, 0.6) is 0 Å². The molecule has 3 aromatic rings. The number of nitrogens with zero attached hydrogens (tertiary/aromatic N) is 4. The molecule has 2 atom stereocenters. The van der Waals surface area contributed by atoms with Crippen LogP contribution >= 0.6 is 12.2 Å². The molecule has 0 aliphatic carbocycles. The Hall–Kier alpha value is -3.27. The van der Waals surface area contributed by atoms with Gasteiger partial charge in [0.05, 0.1) is 31.0 Å². The normalized spacial score (nSPS) is 19.6. The first-order valence-corrected chi connectivity index (χ1v) is 14.6. The summed E-state index contributed by atoms with van der Waals surface area (Å²) in [5, 5.41) is 7.20. The number of amides is 1. The average molecular weight is 561 g/mol. The van der Waals surface area contributed by atoms with Crippen LogP contribution in [0.25, 0.3) is 0 Å². The number of carbonyl (C=O) groups is 1. The van der Waals surface area contributed by atoms with Crippen molar-refractivity contribution in [1.82, 2.24) is 24.7 Å². The van der Waals surface area contributed by atoms with Gasteiger partial charge in [-0.3, -0.25) is 14.7 Å². The number of aryl methyl sites for hydroxylation is 2. The van der Waals surface area contributed by atoms with Gasteiger partial charge in [-0.15, -0.1) is 0 Å². The fourth-order valence-electron chi connectivity index (χ4n) is 5.82. The average Bonchev–Trinajstić information content (AvgIpc) is 3.44. The smallest absolute Gasteiger partial charge is 0.226 e. The molecule has 8 nitrogen and oxygen atoms in total. The largest absolute Gasteiger partial charge is 0.379 e. The Morgan fingerprint density at radius 3 is 2.58 bits per heavy atom. The van der Waals surface area contributed by atoms with Crippen LogP contribution in [0.2, 0.25) is 0 Å². The van der Waals surface area contributed by atoms with E-state index in [1.165, 1.54) is 17.0 Å². The second kappa shape index (κ2) is 12.9. The molecular weight excluding hydrogens is 520 g/mol. The van der Waals surface area contributed by atoms with Crippen molar-refractivity contribution in [3.8, 4) is 0 Å². The van der Waals surface area contributed by atoms with E-state index in [9.17, 15) is 4.79 Å². The number of hydrogen-bond acceptors (Lipinski definition) is 5. The highest BCUT2D eigenvalue weighted by molar-refractivity contribution is 7.80. The number of rotatable bonds is 10. The quantitative estimate of drug-likeness (QED) is 0.353. The molecule has 0 unspecified atom stereocenters. The van der Waals surface area contributed by atoms with Gasteiger partial charge in [0.1, 0.15) is 0 Å². The molecule has 0 bridgehead atoms. The number of benzene rings is 1. The van der Waals surface area contributed by atoms with Gasteiger partial charge in [-0.05, 0) is 75.3 Å². The molecule has 2 N–H and O–H groups in total. The summed E-state index contributed by atoms with van der Waals surface area (Å²) in [4.78, 5) is 22.2. The summed E-state index contributed by atoms with van der Waals surface area (Å²) < 4.78 is 7.92. The maximum Gasteiger partial charge on any atom is 0.226 e. The summed E-state index contributed by atoms with van der Waals surface area (Å²) in [6.45, 7) is 12.6. The van der Waals surface area contributed by atoms with Gasteiger partial charge in [-0.2, -0.15) is 0 Å². The molecule has 2 aromatic heterocycles. The van der Waals surface area contributed by atoms with Crippen molar-refractivity contribution < 1.29 is 9.53 Å². The van der Waals surface area contributed by atoms with Crippen LogP contribution in [0.15, 0.2) is 54.7 Å². The van der Waals surface area contributed by atoms with E-state index >= 15 is 0 Å². The Labute approximate surface area is 242 Å². The van der Waals surface area contributed by atoms with Crippen LogP contribution < -0.4 is 10.6 Å². The number of hydrogen-bond donors (Lipinski definition) is 2. The lowest BCUT2D eigenvalue weighted by molar-refractivity contribution is -0.116. The number of thiocarbonyl (C=S) groups is 1. The molecule has 1 amide bonds. The lowest BCUT2D eigenvalue weighted by Gasteiger charge is -2.28. The minimum atomic E-state index is -0.101. The maximum absolute atomic E-state index is 12.9. The predicted molar refractivity (Wildman–Crippen MR) is 162 cm³/mol. The number of carbonyl (C=O) groups excluding carboxylic acids is 1. The first-order chi connectivity index (χ1) is 19.4. The lowest BCUT2D eigenvalue weighted by Crippen LogP contribution is -2.37. The number of ether oxygens (including phenoxy) is 1. The number of morpholine rings is 1. The maximum atomic E-state index is 12.9. The lowest BCUT2D eigenvalue weighted by atomic mass is 9.96. The summed E-state index contributed by atoms with van der Waals surface area (Å²) in [5.41, 5.74) is 6.62. The zero-order valence-electron chi connectivity index (χ0n) is 23.7. The zero-order chi connectivity index (χ0) is 28.1. The van der Waals surface area contributed by atoms with Crippen molar-refractivity contribution in [1.29, 1.82) is 0 Å². The Kier molecular flexibility index (Phi) is 9.14. The first-order valence-electron chi connectivity index (χ1n) is 14.2.